The number of nitrogens with one attached hydrogen (secondary N) is 1. The number of nitrogens with zero attached hydrogens (tertiary/aromatic N) is 1. The lowest BCUT2D eigenvalue weighted by Gasteiger charge is -2.17. The van der Waals surface area contributed by atoms with Gasteiger partial charge in [0, 0.05) is 23.3 Å². The summed E-state index contributed by atoms with van der Waals surface area (Å²) in [4.78, 5) is 4.69. The molecular formula is C16H20ClFN2S. The average molecular weight is 327 g/mol. The lowest BCUT2D eigenvalue weighted by atomic mass is 9.93. The van der Waals surface area contributed by atoms with Crippen LogP contribution in [0.25, 0.3) is 0 Å². The fourth-order valence-electron chi connectivity index (χ4n) is 2.08. The van der Waals surface area contributed by atoms with Gasteiger partial charge in [0.15, 0.2) is 0 Å². The fourth-order valence-corrected chi connectivity index (χ4v) is 3.41. The number of hydrogen-bond donors (Lipinski definition) is 1. The molecule has 21 heavy (non-hydrogen) atoms. The van der Waals surface area contributed by atoms with Crippen molar-refractivity contribution in [3.8, 4) is 0 Å². The van der Waals surface area contributed by atoms with Gasteiger partial charge in [-0.15, -0.1) is 11.3 Å². The first kappa shape index (κ1) is 16.4. The summed E-state index contributed by atoms with van der Waals surface area (Å²) in [5.74, 6) is -0.385. The standard InChI is InChI=1S/C16H20ClFN2S/c1-16(2,3)13-9-21-14(20-13)8-12(19-4)10-6-5-7-11(18)15(10)17/h5-7,9,12,19H,8H2,1-4H3. The molecule has 0 radical (unpaired) electrons. The zero-order valence-electron chi connectivity index (χ0n) is 12.7. The third-order valence-corrected chi connectivity index (χ3v) is 4.67. The SMILES string of the molecule is CNC(Cc1nc(C(C)(C)C)cs1)c1cccc(F)c1Cl. The lowest BCUT2D eigenvalue weighted by Crippen LogP contribution is -2.20. The van der Waals surface area contributed by atoms with E-state index in [-0.39, 0.29) is 22.3 Å². The Morgan fingerprint density at radius 2 is 2.10 bits per heavy atom. The maximum Gasteiger partial charge on any atom is 0.142 e. The van der Waals surface area contributed by atoms with Crippen LogP contribution in [0.1, 0.15) is 43.1 Å². The van der Waals surface area contributed by atoms with Crippen molar-refractivity contribution in [2.24, 2.45) is 0 Å². The molecule has 0 fully saturated rings. The van der Waals surface area contributed by atoms with Crippen molar-refractivity contribution >= 4 is 22.9 Å². The smallest absolute Gasteiger partial charge is 0.142 e. The summed E-state index contributed by atoms with van der Waals surface area (Å²) in [6.45, 7) is 6.43. The van der Waals surface area contributed by atoms with Crippen LogP contribution in [-0.4, -0.2) is 12.0 Å². The summed E-state index contributed by atoms with van der Waals surface area (Å²) >= 11 is 7.72. The van der Waals surface area contributed by atoms with E-state index in [2.05, 4.69) is 36.5 Å². The van der Waals surface area contributed by atoms with Crippen molar-refractivity contribution in [3.63, 3.8) is 0 Å². The van der Waals surface area contributed by atoms with Crippen LogP contribution >= 0.6 is 22.9 Å². The molecule has 0 aliphatic rings. The van der Waals surface area contributed by atoms with Crippen LogP contribution in [0, 0.1) is 5.82 Å². The number of thiazole rings is 1. The Hall–Kier alpha value is -0.970. The van der Waals surface area contributed by atoms with Crippen molar-refractivity contribution < 1.29 is 4.39 Å². The Labute approximate surface area is 134 Å². The quantitative estimate of drug-likeness (QED) is 0.878. The Kier molecular flexibility index (Phi) is 5.02. The van der Waals surface area contributed by atoms with E-state index in [4.69, 9.17) is 11.6 Å². The Balaban J connectivity index is 2.23. The first-order valence-corrected chi connectivity index (χ1v) is 8.14. The molecule has 2 nitrogen and oxygen atoms in total. The topological polar surface area (TPSA) is 24.9 Å². The van der Waals surface area contributed by atoms with E-state index in [0.717, 1.165) is 16.3 Å². The van der Waals surface area contributed by atoms with Crippen molar-refractivity contribution in [3.05, 3.63) is 50.7 Å². The van der Waals surface area contributed by atoms with E-state index in [1.807, 2.05) is 13.1 Å². The highest BCUT2D eigenvalue weighted by Gasteiger charge is 2.21. The number of aromatic nitrogens is 1. The van der Waals surface area contributed by atoms with E-state index < -0.39 is 0 Å². The largest absolute Gasteiger partial charge is 0.313 e. The molecule has 1 aromatic heterocycles. The van der Waals surface area contributed by atoms with E-state index in [0.29, 0.717) is 6.42 Å². The Morgan fingerprint density at radius 1 is 1.38 bits per heavy atom. The lowest BCUT2D eigenvalue weighted by molar-refractivity contribution is 0.557. The van der Waals surface area contributed by atoms with E-state index in [1.54, 1.807) is 17.4 Å². The molecule has 0 bridgehead atoms. The molecule has 1 atom stereocenters. The summed E-state index contributed by atoms with van der Waals surface area (Å²) in [5.41, 5.74) is 1.90. The third kappa shape index (κ3) is 3.82. The van der Waals surface area contributed by atoms with Gasteiger partial charge in [-0.3, -0.25) is 0 Å². The number of halogens is 2. The highest BCUT2D eigenvalue weighted by Crippen LogP contribution is 2.30. The number of rotatable bonds is 4. The van der Waals surface area contributed by atoms with Crippen molar-refractivity contribution in [2.45, 2.75) is 38.6 Å². The van der Waals surface area contributed by atoms with Crippen LogP contribution in [0.15, 0.2) is 23.6 Å². The van der Waals surface area contributed by atoms with Crippen LogP contribution in [0.5, 0.6) is 0 Å². The zero-order chi connectivity index (χ0) is 15.6. The number of hydrogen-bond acceptors (Lipinski definition) is 3. The minimum absolute atomic E-state index is 0.0421. The molecular weight excluding hydrogens is 307 g/mol. The van der Waals surface area contributed by atoms with Gasteiger partial charge in [0.05, 0.1) is 15.7 Å². The van der Waals surface area contributed by atoms with Crippen molar-refractivity contribution in [1.82, 2.24) is 10.3 Å². The number of benzene rings is 1. The monoisotopic (exact) mass is 326 g/mol. The predicted octanol–water partition coefficient (Wildman–Crippen LogP) is 4.74. The normalized spacial score (nSPS) is 13.4. The minimum Gasteiger partial charge on any atom is -0.313 e. The second kappa shape index (κ2) is 6.42. The molecule has 0 aliphatic heterocycles. The van der Waals surface area contributed by atoms with Crippen LogP contribution in [0.4, 0.5) is 4.39 Å². The number of likely N-dealkylation sites (N-methyl/N-ethyl adjacent to an activating group) is 1. The molecule has 0 amide bonds. The Morgan fingerprint density at radius 3 is 2.67 bits per heavy atom. The van der Waals surface area contributed by atoms with Crippen LogP contribution in [0.2, 0.25) is 5.02 Å². The maximum atomic E-state index is 13.6. The molecule has 0 aliphatic carbocycles. The summed E-state index contributed by atoms with van der Waals surface area (Å²) in [7, 11) is 1.85. The zero-order valence-corrected chi connectivity index (χ0v) is 14.3. The first-order valence-electron chi connectivity index (χ1n) is 6.89. The molecule has 2 aromatic rings. The molecule has 114 valence electrons. The highest BCUT2D eigenvalue weighted by atomic mass is 35.5. The summed E-state index contributed by atoms with van der Waals surface area (Å²) in [5, 5.41) is 6.50. The maximum absolute atomic E-state index is 13.6. The molecule has 1 aromatic carbocycles. The van der Waals surface area contributed by atoms with Gasteiger partial charge in [0.25, 0.3) is 0 Å². The summed E-state index contributed by atoms with van der Waals surface area (Å²) < 4.78 is 13.6. The first-order chi connectivity index (χ1) is 9.82. The third-order valence-electron chi connectivity index (χ3n) is 3.40. The minimum atomic E-state index is -0.385. The predicted molar refractivity (Wildman–Crippen MR) is 87.7 cm³/mol. The molecule has 1 unspecified atom stereocenters. The van der Waals surface area contributed by atoms with Gasteiger partial charge in [0.1, 0.15) is 5.82 Å². The summed E-state index contributed by atoms with van der Waals surface area (Å²) in [6.07, 6.45) is 0.695. The van der Waals surface area contributed by atoms with Crippen LogP contribution in [0.3, 0.4) is 0 Å². The molecule has 0 saturated heterocycles. The van der Waals surface area contributed by atoms with Crippen molar-refractivity contribution in [2.75, 3.05) is 7.05 Å². The highest BCUT2D eigenvalue weighted by molar-refractivity contribution is 7.09. The second-order valence-corrected chi connectivity index (χ2v) is 7.39. The molecule has 5 heteroatoms. The van der Waals surface area contributed by atoms with E-state index in [9.17, 15) is 4.39 Å². The van der Waals surface area contributed by atoms with Gasteiger partial charge in [-0.05, 0) is 18.7 Å². The van der Waals surface area contributed by atoms with Gasteiger partial charge in [-0.25, -0.2) is 9.37 Å². The Bertz CT molecular complexity index is 619. The van der Waals surface area contributed by atoms with Crippen LogP contribution < -0.4 is 5.32 Å². The second-order valence-electron chi connectivity index (χ2n) is 6.06. The molecule has 0 spiro atoms. The average Bonchev–Trinajstić information content (AvgIpc) is 2.88. The fraction of sp³-hybridized carbons (Fsp3) is 0.438. The van der Waals surface area contributed by atoms with Gasteiger partial charge in [-0.2, -0.15) is 0 Å². The van der Waals surface area contributed by atoms with E-state index in [1.165, 1.54) is 6.07 Å². The van der Waals surface area contributed by atoms with Gasteiger partial charge in [0.2, 0.25) is 0 Å². The van der Waals surface area contributed by atoms with Gasteiger partial charge < -0.3 is 5.32 Å². The van der Waals surface area contributed by atoms with E-state index >= 15 is 0 Å². The molecule has 2 rings (SSSR count). The molecule has 0 saturated carbocycles. The van der Waals surface area contributed by atoms with Gasteiger partial charge in [-0.1, -0.05) is 44.5 Å². The molecule has 1 N–H and O–H groups in total. The summed E-state index contributed by atoms with van der Waals surface area (Å²) in [6, 6.07) is 4.86. The van der Waals surface area contributed by atoms with Gasteiger partial charge >= 0.3 is 0 Å². The van der Waals surface area contributed by atoms with Crippen molar-refractivity contribution in [1.29, 1.82) is 0 Å². The molecule has 1 heterocycles. The van der Waals surface area contributed by atoms with Crippen LogP contribution in [-0.2, 0) is 11.8 Å².